The van der Waals surface area contributed by atoms with Gasteiger partial charge in [0.1, 0.15) is 0 Å². The predicted molar refractivity (Wildman–Crippen MR) is 46.1 cm³/mol. The smallest absolute Gasteiger partial charge is 0.389 e. The van der Waals surface area contributed by atoms with Crippen LogP contribution in [-0.4, -0.2) is 56.1 Å². The molecule has 0 aliphatic rings. The van der Waals surface area contributed by atoms with Gasteiger partial charge in [0, 0.05) is 20.2 Å². The molecule has 86 valence electrons. The van der Waals surface area contributed by atoms with Gasteiger partial charge in [-0.15, -0.1) is 0 Å². The summed E-state index contributed by atoms with van der Waals surface area (Å²) in [5.74, 6) is 0. The quantitative estimate of drug-likeness (QED) is 0.714. The first-order valence-corrected chi connectivity index (χ1v) is 4.27. The molecule has 0 heterocycles. The summed E-state index contributed by atoms with van der Waals surface area (Å²) >= 11 is 0. The third-order valence-corrected chi connectivity index (χ3v) is 1.66. The Balaban J connectivity index is 3.59. The van der Waals surface area contributed by atoms with Gasteiger partial charge >= 0.3 is 6.18 Å². The molecule has 0 aliphatic heterocycles. The highest BCUT2D eigenvalue weighted by Crippen LogP contribution is 2.19. The largest absolute Gasteiger partial charge is 0.390 e. The van der Waals surface area contributed by atoms with Crippen LogP contribution in [0.1, 0.15) is 6.42 Å². The van der Waals surface area contributed by atoms with E-state index in [9.17, 15) is 18.3 Å². The lowest BCUT2D eigenvalue weighted by atomic mass is 10.3. The predicted octanol–water partition coefficient (Wildman–Crippen LogP) is 0.878. The van der Waals surface area contributed by atoms with Crippen LogP contribution in [-0.2, 0) is 4.74 Å². The molecule has 0 radical (unpaired) electrons. The fourth-order valence-electron chi connectivity index (χ4n) is 1.01. The molecular formula is C8H16F3NO2. The maximum absolute atomic E-state index is 11.8. The van der Waals surface area contributed by atoms with Gasteiger partial charge in [0.05, 0.1) is 19.1 Å². The van der Waals surface area contributed by atoms with Crippen molar-refractivity contribution < 1.29 is 23.0 Å². The normalized spacial score (nSPS) is 14.8. The minimum Gasteiger partial charge on any atom is -0.389 e. The third kappa shape index (κ3) is 8.28. The maximum Gasteiger partial charge on any atom is 0.390 e. The summed E-state index contributed by atoms with van der Waals surface area (Å²) in [5, 5.41) is 9.20. The molecule has 0 fully saturated rings. The Kier molecular flexibility index (Phi) is 6.06. The van der Waals surface area contributed by atoms with Gasteiger partial charge in [0.25, 0.3) is 0 Å². The highest BCUT2D eigenvalue weighted by molar-refractivity contribution is 4.62. The summed E-state index contributed by atoms with van der Waals surface area (Å²) in [5.41, 5.74) is 0. The summed E-state index contributed by atoms with van der Waals surface area (Å²) in [4.78, 5) is 1.43. The van der Waals surface area contributed by atoms with Gasteiger partial charge in [-0.3, -0.25) is 0 Å². The first kappa shape index (κ1) is 13.7. The molecule has 0 rings (SSSR count). The Hall–Kier alpha value is -0.330. The Morgan fingerprint density at radius 3 is 2.43 bits per heavy atom. The number of hydrogen-bond acceptors (Lipinski definition) is 3. The number of aliphatic hydroxyl groups is 1. The second kappa shape index (κ2) is 6.21. The van der Waals surface area contributed by atoms with E-state index in [1.54, 1.807) is 0 Å². The first-order chi connectivity index (χ1) is 6.35. The fourth-order valence-corrected chi connectivity index (χ4v) is 1.01. The number of methoxy groups -OCH3 is 1. The average Bonchev–Trinajstić information content (AvgIpc) is 2.00. The summed E-state index contributed by atoms with van der Waals surface area (Å²) in [6, 6.07) is 0. The number of likely N-dealkylation sites (N-methyl/N-ethyl adjacent to an activating group) is 1. The summed E-state index contributed by atoms with van der Waals surface area (Å²) < 4.78 is 40.0. The topological polar surface area (TPSA) is 32.7 Å². The van der Waals surface area contributed by atoms with Crippen molar-refractivity contribution in [2.24, 2.45) is 0 Å². The number of rotatable bonds is 6. The van der Waals surface area contributed by atoms with Crippen LogP contribution in [0, 0.1) is 0 Å². The van der Waals surface area contributed by atoms with E-state index < -0.39 is 18.7 Å². The Bertz CT molecular complexity index is 152. The Morgan fingerprint density at radius 2 is 2.00 bits per heavy atom. The number of alkyl halides is 3. The Labute approximate surface area is 81.5 Å². The van der Waals surface area contributed by atoms with Crippen LogP contribution in [0.2, 0.25) is 0 Å². The molecule has 0 bridgehead atoms. The van der Waals surface area contributed by atoms with E-state index >= 15 is 0 Å². The second-order valence-corrected chi connectivity index (χ2v) is 3.24. The maximum atomic E-state index is 11.8. The van der Waals surface area contributed by atoms with Crippen LogP contribution in [0.5, 0.6) is 0 Å². The lowest BCUT2D eigenvalue weighted by Gasteiger charge is -2.20. The third-order valence-electron chi connectivity index (χ3n) is 1.66. The molecule has 0 saturated carbocycles. The van der Waals surface area contributed by atoms with E-state index in [0.717, 1.165) is 0 Å². The minimum atomic E-state index is -4.14. The van der Waals surface area contributed by atoms with Crippen molar-refractivity contribution in [1.82, 2.24) is 4.90 Å². The van der Waals surface area contributed by atoms with Crippen molar-refractivity contribution in [3.63, 3.8) is 0 Å². The molecule has 0 amide bonds. The summed E-state index contributed by atoms with van der Waals surface area (Å²) in [7, 11) is 2.96. The number of halogens is 3. The van der Waals surface area contributed by atoms with Gasteiger partial charge in [0.15, 0.2) is 0 Å². The van der Waals surface area contributed by atoms with Crippen LogP contribution < -0.4 is 0 Å². The molecule has 1 unspecified atom stereocenters. The molecule has 0 aromatic carbocycles. The van der Waals surface area contributed by atoms with Crippen molar-refractivity contribution in [2.75, 3.05) is 33.9 Å². The average molecular weight is 215 g/mol. The second-order valence-electron chi connectivity index (χ2n) is 3.24. The van der Waals surface area contributed by atoms with Gasteiger partial charge in [-0.1, -0.05) is 0 Å². The SMILES string of the molecule is COCC(O)CN(C)CCC(F)(F)F. The van der Waals surface area contributed by atoms with E-state index in [2.05, 4.69) is 4.74 Å². The molecule has 14 heavy (non-hydrogen) atoms. The highest BCUT2D eigenvalue weighted by atomic mass is 19.4. The Morgan fingerprint density at radius 1 is 1.43 bits per heavy atom. The van der Waals surface area contributed by atoms with E-state index in [1.165, 1.54) is 19.1 Å². The molecule has 3 nitrogen and oxygen atoms in total. The van der Waals surface area contributed by atoms with Gasteiger partial charge in [-0.25, -0.2) is 0 Å². The number of hydrogen-bond donors (Lipinski definition) is 1. The molecule has 1 atom stereocenters. The molecule has 0 aliphatic carbocycles. The number of nitrogens with zero attached hydrogens (tertiary/aromatic N) is 1. The van der Waals surface area contributed by atoms with Crippen LogP contribution in [0.25, 0.3) is 0 Å². The van der Waals surface area contributed by atoms with Crippen LogP contribution >= 0.6 is 0 Å². The molecular weight excluding hydrogens is 199 g/mol. The fraction of sp³-hybridized carbons (Fsp3) is 1.00. The lowest BCUT2D eigenvalue weighted by Crippen LogP contribution is -2.34. The lowest BCUT2D eigenvalue weighted by molar-refractivity contribution is -0.138. The molecule has 1 N–H and O–H groups in total. The van der Waals surface area contributed by atoms with E-state index in [-0.39, 0.29) is 19.7 Å². The molecule has 0 spiro atoms. The monoisotopic (exact) mass is 215 g/mol. The van der Waals surface area contributed by atoms with Gasteiger partial charge in [0.2, 0.25) is 0 Å². The van der Waals surface area contributed by atoms with Crippen LogP contribution in [0.4, 0.5) is 13.2 Å². The highest BCUT2D eigenvalue weighted by Gasteiger charge is 2.27. The van der Waals surface area contributed by atoms with E-state index in [4.69, 9.17) is 0 Å². The number of aliphatic hydroxyl groups excluding tert-OH is 1. The zero-order valence-electron chi connectivity index (χ0n) is 8.34. The van der Waals surface area contributed by atoms with Crippen molar-refractivity contribution in [1.29, 1.82) is 0 Å². The van der Waals surface area contributed by atoms with Gasteiger partial charge in [-0.2, -0.15) is 13.2 Å². The molecule has 0 saturated heterocycles. The van der Waals surface area contributed by atoms with Crippen molar-refractivity contribution >= 4 is 0 Å². The van der Waals surface area contributed by atoms with Crippen molar-refractivity contribution in [3.05, 3.63) is 0 Å². The summed E-state index contributed by atoms with van der Waals surface area (Å²) in [6.07, 6.45) is -5.73. The van der Waals surface area contributed by atoms with Gasteiger partial charge < -0.3 is 14.7 Å². The van der Waals surface area contributed by atoms with Crippen molar-refractivity contribution in [3.8, 4) is 0 Å². The first-order valence-electron chi connectivity index (χ1n) is 4.27. The minimum absolute atomic E-state index is 0.107. The zero-order chi connectivity index (χ0) is 11.2. The molecule has 6 heteroatoms. The zero-order valence-corrected chi connectivity index (χ0v) is 8.34. The van der Waals surface area contributed by atoms with Crippen LogP contribution in [0.15, 0.2) is 0 Å². The van der Waals surface area contributed by atoms with Crippen LogP contribution in [0.3, 0.4) is 0 Å². The van der Waals surface area contributed by atoms with E-state index in [0.29, 0.717) is 0 Å². The standard InChI is InChI=1S/C8H16F3NO2/c1-12(4-3-8(9,10)11)5-7(13)6-14-2/h7,13H,3-6H2,1-2H3. The van der Waals surface area contributed by atoms with Crippen molar-refractivity contribution in [2.45, 2.75) is 18.7 Å². The molecule has 0 aromatic heterocycles. The number of ether oxygens (including phenoxy) is 1. The van der Waals surface area contributed by atoms with E-state index in [1.807, 2.05) is 0 Å². The molecule has 0 aromatic rings. The summed E-state index contributed by atoms with van der Waals surface area (Å²) in [6.45, 7) is 0.213. The van der Waals surface area contributed by atoms with Gasteiger partial charge in [-0.05, 0) is 7.05 Å².